The molecule has 1 amide bonds. The number of rotatable bonds is 7. The Hall–Kier alpha value is -1.55. The summed E-state index contributed by atoms with van der Waals surface area (Å²) < 4.78 is 5.07. The van der Waals surface area contributed by atoms with Gasteiger partial charge in [-0.1, -0.05) is 26.0 Å². The van der Waals surface area contributed by atoms with Gasteiger partial charge in [-0.2, -0.15) is 0 Å². The summed E-state index contributed by atoms with van der Waals surface area (Å²) in [5.74, 6) is 0.782. The Morgan fingerprint density at radius 3 is 2.47 bits per heavy atom. The van der Waals surface area contributed by atoms with E-state index < -0.39 is 0 Å². The number of carbonyl (C=O) groups is 1. The van der Waals surface area contributed by atoms with Crippen molar-refractivity contribution in [1.29, 1.82) is 0 Å². The van der Waals surface area contributed by atoms with Crippen molar-refractivity contribution in [2.45, 2.75) is 26.7 Å². The third-order valence-electron chi connectivity index (χ3n) is 3.08. The zero-order valence-corrected chi connectivity index (χ0v) is 11.9. The molecule has 1 rings (SSSR count). The molecular formula is C15H23NO3. The summed E-state index contributed by atoms with van der Waals surface area (Å²) in [6.07, 6.45) is 1.04. The lowest BCUT2D eigenvalue weighted by molar-refractivity contribution is -0.120. The lowest BCUT2D eigenvalue weighted by Gasteiger charge is -2.23. The van der Waals surface area contributed by atoms with Gasteiger partial charge in [-0.15, -0.1) is 0 Å². The van der Waals surface area contributed by atoms with E-state index >= 15 is 0 Å². The number of ether oxygens (including phenoxy) is 1. The van der Waals surface area contributed by atoms with Crippen molar-refractivity contribution in [3.63, 3.8) is 0 Å². The maximum Gasteiger partial charge on any atom is 0.224 e. The van der Waals surface area contributed by atoms with Crippen molar-refractivity contribution in [2.75, 3.05) is 20.3 Å². The number of nitrogens with one attached hydrogen (secondary N) is 1. The zero-order chi connectivity index (χ0) is 14.3. The van der Waals surface area contributed by atoms with E-state index in [2.05, 4.69) is 5.32 Å². The molecule has 0 aromatic heterocycles. The maximum absolute atomic E-state index is 11.8. The number of amides is 1. The van der Waals surface area contributed by atoms with Crippen LogP contribution in [0.1, 0.15) is 25.8 Å². The predicted molar refractivity (Wildman–Crippen MR) is 75.2 cm³/mol. The van der Waals surface area contributed by atoms with Crippen LogP contribution in [0, 0.1) is 5.41 Å². The molecule has 0 bridgehead atoms. The minimum atomic E-state index is -0.0790. The molecule has 2 N–H and O–H groups in total. The largest absolute Gasteiger partial charge is 0.497 e. The lowest BCUT2D eigenvalue weighted by Crippen LogP contribution is -2.35. The maximum atomic E-state index is 11.8. The van der Waals surface area contributed by atoms with Gasteiger partial charge in [-0.3, -0.25) is 4.79 Å². The predicted octanol–water partition coefficient (Wildman–Crippen LogP) is 1.76. The first-order valence-electron chi connectivity index (χ1n) is 6.47. The first-order chi connectivity index (χ1) is 8.96. The van der Waals surface area contributed by atoms with Crippen LogP contribution in [-0.4, -0.2) is 31.3 Å². The fourth-order valence-corrected chi connectivity index (χ4v) is 1.72. The Balaban J connectivity index is 2.42. The van der Waals surface area contributed by atoms with Crippen LogP contribution in [0.5, 0.6) is 5.75 Å². The van der Waals surface area contributed by atoms with Crippen LogP contribution >= 0.6 is 0 Å². The second-order valence-corrected chi connectivity index (χ2v) is 5.44. The van der Waals surface area contributed by atoms with Crippen LogP contribution in [0.3, 0.4) is 0 Å². The van der Waals surface area contributed by atoms with Crippen LogP contribution in [0.15, 0.2) is 24.3 Å². The topological polar surface area (TPSA) is 58.6 Å². The van der Waals surface area contributed by atoms with Gasteiger partial charge in [0.2, 0.25) is 5.91 Å². The molecule has 0 atom stereocenters. The number of hydrogen-bond donors (Lipinski definition) is 2. The van der Waals surface area contributed by atoms with E-state index in [1.807, 2.05) is 38.1 Å². The van der Waals surface area contributed by atoms with E-state index in [0.717, 1.165) is 11.3 Å². The molecule has 0 radical (unpaired) electrons. The lowest BCUT2D eigenvalue weighted by atomic mass is 9.89. The third kappa shape index (κ3) is 5.75. The molecule has 0 saturated carbocycles. The molecule has 4 heteroatoms. The quantitative estimate of drug-likeness (QED) is 0.790. The minimum Gasteiger partial charge on any atom is -0.497 e. The SMILES string of the molecule is COc1ccc(CC(=O)NCC(C)(C)CCO)cc1. The van der Waals surface area contributed by atoms with Gasteiger partial charge in [-0.25, -0.2) is 0 Å². The number of aliphatic hydroxyl groups excluding tert-OH is 1. The van der Waals surface area contributed by atoms with Gasteiger partial charge in [0.15, 0.2) is 0 Å². The third-order valence-corrected chi connectivity index (χ3v) is 3.08. The van der Waals surface area contributed by atoms with Crippen LogP contribution in [0.2, 0.25) is 0 Å². The number of carbonyl (C=O) groups excluding carboxylic acids is 1. The average molecular weight is 265 g/mol. The molecule has 1 aromatic rings. The fraction of sp³-hybridized carbons (Fsp3) is 0.533. The molecule has 0 heterocycles. The van der Waals surface area contributed by atoms with Gasteiger partial charge < -0.3 is 15.2 Å². The van der Waals surface area contributed by atoms with Gasteiger partial charge in [-0.05, 0) is 29.5 Å². The van der Waals surface area contributed by atoms with Crippen molar-refractivity contribution in [2.24, 2.45) is 5.41 Å². The summed E-state index contributed by atoms with van der Waals surface area (Å²) in [5.41, 5.74) is 0.878. The standard InChI is InChI=1S/C15H23NO3/c1-15(2,8-9-17)11-16-14(18)10-12-4-6-13(19-3)7-5-12/h4-7,17H,8-11H2,1-3H3,(H,16,18). The Bertz CT molecular complexity index is 398. The molecule has 106 valence electrons. The van der Waals surface area contributed by atoms with Gasteiger partial charge in [0, 0.05) is 13.2 Å². The second-order valence-electron chi connectivity index (χ2n) is 5.44. The Morgan fingerprint density at radius 1 is 1.32 bits per heavy atom. The molecule has 19 heavy (non-hydrogen) atoms. The van der Waals surface area contributed by atoms with E-state index in [1.54, 1.807) is 7.11 Å². The zero-order valence-electron chi connectivity index (χ0n) is 11.9. The van der Waals surface area contributed by atoms with Crippen molar-refractivity contribution < 1.29 is 14.6 Å². The number of benzene rings is 1. The number of aliphatic hydroxyl groups is 1. The average Bonchev–Trinajstić information content (AvgIpc) is 2.37. The first-order valence-corrected chi connectivity index (χ1v) is 6.47. The smallest absolute Gasteiger partial charge is 0.224 e. The Labute approximate surface area is 114 Å². The summed E-state index contributed by atoms with van der Waals surface area (Å²) in [6.45, 7) is 4.76. The van der Waals surface area contributed by atoms with E-state index in [0.29, 0.717) is 19.4 Å². The van der Waals surface area contributed by atoms with Crippen LogP contribution in [-0.2, 0) is 11.2 Å². The molecule has 0 fully saturated rings. The van der Waals surface area contributed by atoms with Gasteiger partial charge in [0.25, 0.3) is 0 Å². The molecule has 0 aliphatic carbocycles. The van der Waals surface area contributed by atoms with E-state index in [-0.39, 0.29) is 17.9 Å². The number of hydrogen-bond acceptors (Lipinski definition) is 3. The van der Waals surface area contributed by atoms with Gasteiger partial charge >= 0.3 is 0 Å². The molecule has 0 saturated heterocycles. The summed E-state index contributed by atoms with van der Waals surface area (Å²) in [4.78, 5) is 11.8. The number of methoxy groups -OCH3 is 1. The van der Waals surface area contributed by atoms with Gasteiger partial charge in [0.05, 0.1) is 13.5 Å². The molecule has 0 unspecified atom stereocenters. The highest BCUT2D eigenvalue weighted by molar-refractivity contribution is 5.78. The van der Waals surface area contributed by atoms with Crippen molar-refractivity contribution in [1.82, 2.24) is 5.32 Å². The van der Waals surface area contributed by atoms with Crippen molar-refractivity contribution in [3.05, 3.63) is 29.8 Å². The summed E-state index contributed by atoms with van der Waals surface area (Å²) in [6, 6.07) is 7.46. The second kappa shape index (κ2) is 7.14. The van der Waals surface area contributed by atoms with E-state index in [4.69, 9.17) is 9.84 Å². The molecule has 1 aromatic carbocycles. The van der Waals surface area contributed by atoms with Crippen molar-refractivity contribution >= 4 is 5.91 Å². The molecule has 0 spiro atoms. The molecule has 4 nitrogen and oxygen atoms in total. The normalized spacial score (nSPS) is 11.2. The van der Waals surface area contributed by atoms with Crippen LogP contribution in [0.4, 0.5) is 0 Å². The molecular weight excluding hydrogens is 242 g/mol. The highest BCUT2D eigenvalue weighted by Crippen LogP contribution is 2.18. The van der Waals surface area contributed by atoms with Crippen LogP contribution < -0.4 is 10.1 Å². The fourth-order valence-electron chi connectivity index (χ4n) is 1.72. The van der Waals surface area contributed by atoms with E-state index in [1.165, 1.54) is 0 Å². The summed E-state index contributed by atoms with van der Waals surface area (Å²) >= 11 is 0. The highest BCUT2D eigenvalue weighted by atomic mass is 16.5. The van der Waals surface area contributed by atoms with Crippen molar-refractivity contribution in [3.8, 4) is 5.75 Å². The molecule has 0 aliphatic heterocycles. The Kier molecular flexibility index (Phi) is 5.83. The van der Waals surface area contributed by atoms with Crippen LogP contribution in [0.25, 0.3) is 0 Å². The first kappa shape index (κ1) is 15.5. The summed E-state index contributed by atoms with van der Waals surface area (Å²) in [5, 5.41) is 11.8. The van der Waals surface area contributed by atoms with Gasteiger partial charge in [0.1, 0.15) is 5.75 Å². The highest BCUT2D eigenvalue weighted by Gasteiger charge is 2.18. The Morgan fingerprint density at radius 2 is 1.95 bits per heavy atom. The minimum absolute atomic E-state index is 0.00354. The monoisotopic (exact) mass is 265 g/mol. The summed E-state index contributed by atoms with van der Waals surface area (Å²) in [7, 11) is 1.62. The molecule has 0 aliphatic rings. The van der Waals surface area contributed by atoms with E-state index in [9.17, 15) is 4.79 Å².